The van der Waals surface area contributed by atoms with Crippen LogP contribution in [-0.4, -0.2) is 36.3 Å². The van der Waals surface area contributed by atoms with Crippen molar-refractivity contribution in [2.75, 3.05) is 19.8 Å². The Bertz CT molecular complexity index is 1590. The molecule has 0 amide bonds. The fourth-order valence-electron chi connectivity index (χ4n) is 4.07. The highest BCUT2D eigenvalue weighted by Crippen LogP contribution is 2.31. The highest BCUT2D eigenvalue weighted by molar-refractivity contribution is 9.10. The van der Waals surface area contributed by atoms with E-state index in [0.29, 0.717) is 30.8 Å². The monoisotopic (exact) mass is 598 g/mol. The first-order valence-electron chi connectivity index (χ1n) is 12.1. The van der Waals surface area contributed by atoms with Crippen molar-refractivity contribution in [3.63, 3.8) is 0 Å². The number of thiazole rings is 1. The van der Waals surface area contributed by atoms with E-state index in [1.807, 2.05) is 31.2 Å². The molecular weight excluding hydrogens is 572 g/mol. The lowest BCUT2D eigenvalue weighted by molar-refractivity contribution is -0.145. The molecule has 10 heteroatoms. The number of benzene rings is 2. The molecule has 4 rings (SSSR count). The molecule has 1 atom stereocenters. The van der Waals surface area contributed by atoms with Gasteiger partial charge >= 0.3 is 11.9 Å². The average Bonchev–Trinajstić information content (AvgIpc) is 3.17. The second-order valence-electron chi connectivity index (χ2n) is 8.50. The van der Waals surface area contributed by atoms with Crippen LogP contribution < -0.4 is 19.6 Å². The van der Waals surface area contributed by atoms with Gasteiger partial charge in [-0.2, -0.15) is 0 Å². The van der Waals surface area contributed by atoms with Crippen molar-refractivity contribution in [3.05, 3.63) is 94.6 Å². The van der Waals surface area contributed by atoms with Gasteiger partial charge in [-0.1, -0.05) is 47.2 Å². The zero-order valence-electron chi connectivity index (χ0n) is 21.4. The van der Waals surface area contributed by atoms with Gasteiger partial charge in [0.2, 0.25) is 0 Å². The summed E-state index contributed by atoms with van der Waals surface area (Å²) >= 11 is 4.72. The fraction of sp³-hybridized carbons (Fsp3) is 0.286. The van der Waals surface area contributed by atoms with E-state index < -0.39 is 18.0 Å². The van der Waals surface area contributed by atoms with Crippen LogP contribution in [0.2, 0.25) is 0 Å². The molecule has 0 saturated carbocycles. The number of aryl methyl sites for hydroxylation is 1. The summed E-state index contributed by atoms with van der Waals surface area (Å²) in [5, 5.41) is 0. The van der Waals surface area contributed by atoms with E-state index in [-0.39, 0.29) is 25.4 Å². The van der Waals surface area contributed by atoms with Crippen LogP contribution in [0.3, 0.4) is 0 Å². The van der Waals surface area contributed by atoms with Gasteiger partial charge in [-0.3, -0.25) is 9.36 Å². The Labute approximate surface area is 232 Å². The van der Waals surface area contributed by atoms with E-state index in [9.17, 15) is 14.4 Å². The maximum Gasteiger partial charge on any atom is 0.344 e. The SMILES string of the molecule is CCOC(=O)COc1ccc(/C=c2/sc3n(c2=O)[C@H](c2ccc(C)cc2)C(C(=O)OCC)=C(C)N=3)cc1Br. The molecule has 0 spiro atoms. The van der Waals surface area contributed by atoms with E-state index in [1.165, 1.54) is 11.3 Å². The van der Waals surface area contributed by atoms with Crippen LogP contribution >= 0.6 is 27.3 Å². The summed E-state index contributed by atoms with van der Waals surface area (Å²) in [5.74, 6) is -0.466. The third-order valence-corrected chi connectivity index (χ3v) is 7.42. The third kappa shape index (κ3) is 5.81. The summed E-state index contributed by atoms with van der Waals surface area (Å²) in [7, 11) is 0. The van der Waals surface area contributed by atoms with Gasteiger partial charge in [0.25, 0.3) is 5.56 Å². The number of aromatic nitrogens is 1. The number of carbonyl (C=O) groups excluding carboxylic acids is 2. The summed E-state index contributed by atoms with van der Waals surface area (Å²) < 4.78 is 18.4. The standard InChI is InChI=1S/C28H27BrN2O6S/c1-5-35-23(32)15-37-21-12-9-18(13-20(21)29)14-22-26(33)31-25(19-10-7-16(3)8-11-19)24(27(34)36-6-2)17(4)30-28(31)38-22/h7-14,25H,5-6,15H2,1-4H3/b22-14+/t25-/m1/s1. The number of fused-ring (bicyclic) bond motifs is 1. The molecule has 3 aromatic rings. The topological polar surface area (TPSA) is 96.2 Å². The summed E-state index contributed by atoms with van der Waals surface area (Å²) in [5.41, 5.74) is 3.23. The lowest BCUT2D eigenvalue weighted by Gasteiger charge is -2.24. The first-order valence-corrected chi connectivity index (χ1v) is 13.7. The van der Waals surface area contributed by atoms with Crippen molar-refractivity contribution >= 4 is 45.3 Å². The molecule has 38 heavy (non-hydrogen) atoms. The zero-order chi connectivity index (χ0) is 27.4. The van der Waals surface area contributed by atoms with Gasteiger partial charge in [0.05, 0.1) is 39.5 Å². The highest BCUT2D eigenvalue weighted by atomic mass is 79.9. The Morgan fingerprint density at radius 3 is 2.45 bits per heavy atom. The maximum absolute atomic E-state index is 13.7. The predicted molar refractivity (Wildman–Crippen MR) is 148 cm³/mol. The van der Waals surface area contributed by atoms with Crippen LogP contribution in [0.4, 0.5) is 0 Å². The van der Waals surface area contributed by atoms with Crippen LogP contribution in [0, 0.1) is 6.92 Å². The molecular formula is C28H27BrN2O6S. The number of esters is 2. The molecule has 1 aromatic heterocycles. The number of halogens is 1. The second kappa shape index (κ2) is 11.9. The first-order chi connectivity index (χ1) is 18.2. The van der Waals surface area contributed by atoms with E-state index in [4.69, 9.17) is 14.2 Å². The van der Waals surface area contributed by atoms with E-state index in [1.54, 1.807) is 49.6 Å². The van der Waals surface area contributed by atoms with Gasteiger partial charge in [-0.25, -0.2) is 14.6 Å². The van der Waals surface area contributed by atoms with E-state index >= 15 is 0 Å². The zero-order valence-corrected chi connectivity index (χ0v) is 23.9. The molecule has 198 valence electrons. The summed E-state index contributed by atoms with van der Waals surface area (Å²) in [6.07, 6.45) is 1.76. The molecule has 0 aliphatic carbocycles. The maximum atomic E-state index is 13.7. The Balaban J connectivity index is 1.76. The molecule has 0 N–H and O–H groups in total. The van der Waals surface area contributed by atoms with Crippen LogP contribution in [-0.2, 0) is 19.1 Å². The van der Waals surface area contributed by atoms with Crippen LogP contribution in [0.25, 0.3) is 6.08 Å². The lowest BCUT2D eigenvalue weighted by Crippen LogP contribution is -2.39. The second-order valence-corrected chi connectivity index (χ2v) is 10.4. The fourth-order valence-corrected chi connectivity index (χ4v) is 5.63. The van der Waals surface area contributed by atoms with Crippen molar-refractivity contribution in [1.29, 1.82) is 0 Å². The summed E-state index contributed by atoms with van der Waals surface area (Å²) in [4.78, 5) is 43.4. The predicted octanol–water partition coefficient (Wildman–Crippen LogP) is 3.81. The molecule has 0 fully saturated rings. The lowest BCUT2D eigenvalue weighted by atomic mass is 9.95. The number of hydrogen-bond acceptors (Lipinski definition) is 8. The van der Waals surface area contributed by atoms with Crippen molar-refractivity contribution in [2.45, 2.75) is 33.7 Å². The molecule has 0 radical (unpaired) electrons. The minimum Gasteiger partial charge on any atom is -0.481 e. The molecule has 0 bridgehead atoms. The molecule has 0 saturated heterocycles. The van der Waals surface area contributed by atoms with Crippen molar-refractivity contribution in [2.24, 2.45) is 4.99 Å². The van der Waals surface area contributed by atoms with Gasteiger partial charge in [0.15, 0.2) is 11.4 Å². The largest absolute Gasteiger partial charge is 0.481 e. The van der Waals surface area contributed by atoms with Gasteiger partial charge < -0.3 is 14.2 Å². The number of hydrogen-bond donors (Lipinski definition) is 0. The molecule has 8 nitrogen and oxygen atoms in total. The molecule has 1 aliphatic rings. The Hall–Kier alpha value is -3.50. The van der Waals surface area contributed by atoms with Gasteiger partial charge in [-0.05, 0) is 73.0 Å². The van der Waals surface area contributed by atoms with E-state index in [2.05, 4.69) is 20.9 Å². The Morgan fingerprint density at radius 2 is 1.79 bits per heavy atom. The number of allylic oxidation sites excluding steroid dienone is 1. The molecule has 2 heterocycles. The summed E-state index contributed by atoms with van der Waals surface area (Å²) in [6.45, 7) is 7.51. The van der Waals surface area contributed by atoms with Gasteiger partial charge in [0, 0.05) is 0 Å². The minimum atomic E-state index is -0.654. The van der Waals surface area contributed by atoms with Crippen molar-refractivity contribution < 1.29 is 23.8 Å². The van der Waals surface area contributed by atoms with E-state index in [0.717, 1.165) is 16.7 Å². The first kappa shape index (κ1) is 27.5. The number of rotatable bonds is 8. The van der Waals surface area contributed by atoms with Crippen LogP contribution in [0.5, 0.6) is 5.75 Å². The summed E-state index contributed by atoms with van der Waals surface area (Å²) in [6, 6.07) is 12.4. The molecule has 0 unspecified atom stereocenters. The average molecular weight is 600 g/mol. The molecule has 2 aromatic carbocycles. The van der Waals surface area contributed by atoms with Crippen LogP contribution in [0.15, 0.2) is 68.0 Å². The third-order valence-electron chi connectivity index (χ3n) is 5.81. The Kier molecular flexibility index (Phi) is 8.63. The van der Waals surface area contributed by atoms with Gasteiger partial charge in [0.1, 0.15) is 5.75 Å². The number of carbonyl (C=O) groups is 2. The number of ether oxygens (including phenoxy) is 3. The highest BCUT2D eigenvalue weighted by Gasteiger charge is 2.33. The quantitative estimate of drug-likeness (QED) is 0.366. The van der Waals surface area contributed by atoms with Gasteiger partial charge in [-0.15, -0.1) is 0 Å². The normalized spacial score (nSPS) is 15.1. The Morgan fingerprint density at radius 1 is 1.08 bits per heavy atom. The van der Waals surface area contributed by atoms with Crippen molar-refractivity contribution in [3.8, 4) is 5.75 Å². The smallest absolute Gasteiger partial charge is 0.344 e. The minimum absolute atomic E-state index is 0.203. The van der Waals surface area contributed by atoms with Crippen molar-refractivity contribution in [1.82, 2.24) is 4.57 Å². The van der Waals surface area contributed by atoms with Crippen LogP contribution in [0.1, 0.15) is 43.5 Å². The molecule has 1 aliphatic heterocycles. The number of nitrogens with zero attached hydrogens (tertiary/aromatic N) is 2.